The predicted molar refractivity (Wildman–Crippen MR) is 51.1 cm³/mol. The molecule has 0 aromatic heterocycles. The zero-order chi connectivity index (χ0) is 9.84. The van der Waals surface area contributed by atoms with Gasteiger partial charge in [-0.3, -0.25) is 0 Å². The molecule has 0 fully saturated rings. The molecule has 1 rings (SSSR count). The van der Waals surface area contributed by atoms with Gasteiger partial charge in [0.1, 0.15) is 0 Å². The molecule has 1 aromatic carbocycles. The monoisotopic (exact) mass is 175 g/mol. The first-order valence-corrected chi connectivity index (χ1v) is 4.32. The van der Waals surface area contributed by atoms with Crippen molar-refractivity contribution < 1.29 is 5.11 Å². The number of rotatable bonds is 2. The van der Waals surface area contributed by atoms with Gasteiger partial charge in [-0.15, -0.1) is 0 Å². The van der Waals surface area contributed by atoms with E-state index in [2.05, 4.69) is 13.8 Å². The standard InChI is InChI=1S/C11H13NO/c1-8(2)9-4-3-5-10(6-9)11(13)7-12/h3-6,8,11,13H,1-2H3/t11-/m0/s1. The summed E-state index contributed by atoms with van der Waals surface area (Å²) in [5.41, 5.74) is 1.82. The lowest BCUT2D eigenvalue weighted by Gasteiger charge is -2.08. The fourth-order valence-corrected chi connectivity index (χ4v) is 1.16. The molecule has 0 spiro atoms. The molecule has 0 aliphatic carbocycles. The summed E-state index contributed by atoms with van der Waals surface area (Å²) in [4.78, 5) is 0. The van der Waals surface area contributed by atoms with Crippen molar-refractivity contribution in [3.63, 3.8) is 0 Å². The number of nitriles is 1. The van der Waals surface area contributed by atoms with Crippen LogP contribution < -0.4 is 0 Å². The van der Waals surface area contributed by atoms with Crippen LogP contribution in [0.1, 0.15) is 37.0 Å². The van der Waals surface area contributed by atoms with Gasteiger partial charge in [-0.1, -0.05) is 38.1 Å². The zero-order valence-electron chi connectivity index (χ0n) is 7.86. The van der Waals surface area contributed by atoms with E-state index in [1.807, 2.05) is 18.2 Å². The SMILES string of the molecule is CC(C)c1cccc([C@@H](O)C#N)c1. The summed E-state index contributed by atoms with van der Waals surface area (Å²) in [7, 11) is 0. The van der Waals surface area contributed by atoms with Crippen molar-refractivity contribution in [3.8, 4) is 6.07 Å². The maximum Gasteiger partial charge on any atom is 0.165 e. The molecule has 0 aliphatic heterocycles. The molecule has 68 valence electrons. The van der Waals surface area contributed by atoms with Crippen LogP contribution in [0.25, 0.3) is 0 Å². The summed E-state index contributed by atoms with van der Waals surface area (Å²) in [6, 6.07) is 9.30. The third-order valence-electron chi connectivity index (χ3n) is 2.02. The molecule has 0 radical (unpaired) electrons. The Kier molecular flexibility index (Phi) is 3.05. The number of nitrogens with zero attached hydrogens (tertiary/aromatic N) is 1. The van der Waals surface area contributed by atoms with Gasteiger partial charge < -0.3 is 5.11 Å². The van der Waals surface area contributed by atoms with Crippen molar-refractivity contribution in [3.05, 3.63) is 35.4 Å². The minimum atomic E-state index is -1.00. The second kappa shape index (κ2) is 4.06. The Hall–Kier alpha value is -1.33. The van der Waals surface area contributed by atoms with Crippen molar-refractivity contribution in [1.82, 2.24) is 0 Å². The largest absolute Gasteiger partial charge is 0.374 e. The zero-order valence-corrected chi connectivity index (χ0v) is 7.86. The lowest BCUT2D eigenvalue weighted by atomic mass is 9.99. The highest BCUT2D eigenvalue weighted by molar-refractivity contribution is 5.29. The van der Waals surface area contributed by atoms with Gasteiger partial charge in [0.15, 0.2) is 6.10 Å². The maximum atomic E-state index is 9.27. The molecule has 2 heteroatoms. The maximum absolute atomic E-state index is 9.27. The van der Waals surface area contributed by atoms with E-state index in [4.69, 9.17) is 5.26 Å². The van der Waals surface area contributed by atoms with Gasteiger partial charge in [0.2, 0.25) is 0 Å². The highest BCUT2D eigenvalue weighted by Crippen LogP contribution is 2.19. The molecule has 0 saturated heterocycles. The van der Waals surface area contributed by atoms with E-state index >= 15 is 0 Å². The summed E-state index contributed by atoms with van der Waals surface area (Å²) in [5, 5.41) is 17.8. The Labute approximate surface area is 78.4 Å². The lowest BCUT2D eigenvalue weighted by Crippen LogP contribution is -1.95. The van der Waals surface area contributed by atoms with Crippen molar-refractivity contribution in [1.29, 1.82) is 5.26 Å². The number of hydrogen-bond acceptors (Lipinski definition) is 2. The molecule has 1 aromatic rings. The van der Waals surface area contributed by atoms with Gasteiger partial charge in [-0.05, 0) is 17.0 Å². The van der Waals surface area contributed by atoms with Gasteiger partial charge >= 0.3 is 0 Å². The van der Waals surface area contributed by atoms with Crippen molar-refractivity contribution in [2.75, 3.05) is 0 Å². The molecule has 0 amide bonds. The van der Waals surface area contributed by atoms with Gasteiger partial charge in [-0.2, -0.15) is 5.26 Å². The average Bonchev–Trinajstić information content (AvgIpc) is 2.17. The third-order valence-corrected chi connectivity index (χ3v) is 2.02. The summed E-state index contributed by atoms with van der Waals surface area (Å²) in [5.74, 6) is 0.422. The molecule has 1 N–H and O–H groups in total. The number of aliphatic hydroxyl groups is 1. The Bertz CT molecular complexity index is 325. The van der Waals surface area contributed by atoms with Crippen LogP contribution in [0.5, 0.6) is 0 Å². The number of benzene rings is 1. The van der Waals surface area contributed by atoms with Gasteiger partial charge in [-0.25, -0.2) is 0 Å². The highest BCUT2D eigenvalue weighted by atomic mass is 16.3. The molecule has 0 heterocycles. The Balaban J connectivity index is 3.00. The fraction of sp³-hybridized carbons (Fsp3) is 0.364. The first kappa shape index (κ1) is 9.76. The Morgan fingerprint density at radius 1 is 1.31 bits per heavy atom. The molecule has 2 nitrogen and oxygen atoms in total. The molecule has 0 saturated carbocycles. The van der Waals surface area contributed by atoms with Crippen molar-refractivity contribution in [2.45, 2.75) is 25.9 Å². The van der Waals surface area contributed by atoms with Crippen LogP contribution >= 0.6 is 0 Å². The summed E-state index contributed by atoms with van der Waals surface area (Å²) < 4.78 is 0. The minimum absolute atomic E-state index is 0.422. The fourth-order valence-electron chi connectivity index (χ4n) is 1.16. The van der Waals surface area contributed by atoms with E-state index < -0.39 is 6.10 Å². The second-order valence-electron chi connectivity index (χ2n) is 3.36. The van der Waals surface area contributed by atoms with Crippen LogP contribution in [-0.4, -0.2) is 5.11 Å². The normalized spacial score (nSPS) is 12.5. The van der Waals surface area contributed by atoms with E-state index in [1.54, 1.807) is 12.1 Å². The van der Waals surface area contributed by atoms with Crippen LogP contribution in [0.3, 0.4) is 0 Å². The predicted octanol–water partition coefficient (Wildman–Crippen LogP) is 2.37. The smallest absolute Gasteiger partial charge is 0.165 e. The van der Waals surface area contributed by atoms with E-state index in [0.29, 0.717) is 11.5 Å². The van der Waals surface area contributed by atoms with E-state index in [-0.39, 0.29) is 0 Å². The lowest BCUT2D eigenvalue weighted by molar-refractivity contribution is 0.236. The number of hydrogen-bond donors (Lipinski definition) is 1. The summed E-state index contributed by atoms with van der Waals surface area (Å²) in [6.07, 6.45) is -1.00. The van der Waals surface area contributed by atoms with Gasteiger partial charge in [0.25, 0.3) is 0 Å². The molecule has 0 aliphatic rings. The minimum Gasteiger partial charge on any atom is -0.374 e. The Morgan fingerprint density at radius 3 is 2.46 bits per heavy atom. The van der Waals surface area contributed by atoms with E-state index in [0.717, 1.165) is 5.56 Å². The highest BCUT2D eigenvalue weighted by Gasteiger charge is 2.06. The van der Waals surface area contributed by atoms with E-state index in [1.165, 1.54) is 0 Å². The van der Waals surface area contributed by atoms with Crippen LogP contribution in [0.15, 0.2) is 24.3 Å². The molecular weight excluding hydrogens is 162 g/mol. The first-order chi connectivity index (χ1) is 6.15. The molecule has 0 bridgehead atoms. The quantitative estimate of drug-likeness (QED) is 0.701. The Morgan fingerprint density at radius 2 is 1.92 bits per heavy atom. The van der Waals surface area contributed by atoms with Gasteiger partial charge in [0, 0.05) is 0 Å². The van der Waals surface area contributed by atoms with Crippen LogP contribution in [0.2, 0.25) is 0 Å². The first-order valence-electron chi connectivity index (χ1n) is 4.32. The molecule has 1 atom stereocenters. The van der Waals surface area contributed by atoms with Crippen LogP contribution in [0, 0.1) is 11.3 Å². The molecule has 13 heavy (non-hydrogen) atoms. The van der Waals surface area contributed by atoms with E-state index in [9.17, 15) is 5.11 Å². The van der Waals surface area contributed by atoms with Crippen molar-refractivity contribution in [2.24, 2.45) is 0 Å². The van der Waals surface area contributed by atoms with Crippen molar-refractivity contribution >= 4 is 0 Å². The average molecular weight is 175 g/mol. The van der Waals surface area contributed by atoms with Crippen LogP contribution in [-0.2, 0) is 0 Å². The van der Waals surface area contributed by atoms with Crippen LogP contribution in [0.4, 0.5) is 0 Å². The third kappa shape index (κ3) is 2.30. The topological polar surface area (TPSA) is 44.0 Å². The molecule has 0 unspecified atom stereocenters. The second-order valence-corrected chi connectivity index (χ2v) is 3.36. The number of aliphatic hydroxyl groups excluding tert-OH is 1. The summed E-state index contributed by atoms with van der Waals surface area (Å²) >= 11 is 0. The molecular formula is C11H13NO. The van der Waals surface area contributed by atoms with Gasteiger partial charge in [0.05, 0.1) is 6.07 Å². The summed E-state index contributed by atoms with van der Waals surface area (Å²) in [6.45, 7) is 4.16.